The minimum absolute atomic E-state index is 0.00630. The smallest absolute Gasteiger partial charge is 0.349 e. The van der Waals surface area contributed by atoms with Gasteiger partial charge < -0.3 is 9.72 Å². The molecular weight excluding hydrogens is 418 g/mol. The average Bonchev–Trinajstić information content (AvgIpc) is 3.10. The maximum absolute atomic E-state index is 12.6. The van der Waals surface area contributed by atoms with Crippen molar-refractivity contribution in [2.75, 3.05) is 0 Å². The molecule has 0 fully saturated rings. The van der Waals surface area contributed by atoms with Crippen molar-refractivity contribution in [1.82, 2.24) is 9.97 Å². The molecule has 0 radical (unpaired) electrons. The highest BCUT2D eigenvalue weighted by Gasteiger charge is 2.20. The lowest BCUT2D eigenvalue weighted by Crippen LogP contribution is -2.12. The van der Waals surface area contributed by atoms with Gasteiger partial charge in [0.25, 0.3) is 11.2 Å². The molecule has 156 valence electrons. The zero-order chi connectivity index (χ0) is 22.0. The molecule has 0 aliphatic heterocycles. The van der Waals surface area contributed by atoms with Crippen molar-refractivity contribution in [2.24, 2.45) is 0 Å². The number of carbonyl (C=O) groups is 1. The summed E-state index contributed by atoms with van der Waals surface area (Å²) in [6.45, 7) is 1.84. The van der Waals surface area contributed by atoms with Gasteiger partial charge in [-0.05, 0) is 23.6 Å². The second kappa shape index (κ2) is 8.49. The zero-order valence-corrected chi connectivity index (χ0v) is 17.3. The first-order chi connectivity index (χ1) is 14.9. The standard InChI is InChI=1S/C22H17N3O5S/c1-13-18-20(26)23-17(11-14-7-9-16(10-8-14)25(28)29)24-21(18)31-19(13)22(27)30-12-15-5-3-2-4-6-15/h2-10H,11-12H2,1H3,(H,23,24,26). The fraction of sp³-hybridized carbons (Fsp3) is 0.136. The molecule has 0 aliphatic rings. The Morgan fingerprint density at radius 3 is 2.52 bits per heavy atom. The van der Waals surface area contributed by atoms with Crippen LogP contribution in [0.4, 0.5) is 5.69 Å². The lowest BCUT2D eigenvalue weighted by Gasteiger charge is -2.03. The number of H-pyrrole nitrogens is 1. The van der Waals surface area contributed by atoms with Gasteiger partial charge in [-0.15, -0.1) is 11.3 Å². The van der Waals surface area contributed by atoms with Crippen molar-refractivity contribution in [3.63, 3.8) is 0 Å². The third kappa shape index (κ3) is 4.36. The van der Waals surface area contributed by atoms with E-state index in [2.05, 4.69) is 9.97 Å². The molecule has 1 N–H and O–H groups in total. The first kappa shape index (κ1) is 20.4. The molecule has 9 heteroatoms. The van der Waals surface area contributed by atoms with Gasteiger partial charge in [0.15, 0.2) is 0 Å². The number of ether oxygens (including phenoxy) is 1. The van der Waals surface area contributed by atoms with Gasteiger partial charge in [-0.3, -0.25) is 14.9 Å². The number of aromatic nitrogens is 2. The number of aromatic amines is 1. The van der Waals surface area contributed by atoms with Gasteiger partial charge in [0, 0.05) is 18.6 Å². The van der Waals surface area contributed by atoms with Gasteiger partial charge in [0.1, 0.15) is 22.1 Å². The summed E-state index contributed by atoms with van der Waals surface area (Å²) in [6, 6.07) is 15.4. The molecule has 0 bridgehead atoms. The maximum Gasteiger partial charge on any atom is 0.349 e. The number of carbonyl (C=O) groups excluding carboxylic acids is 1. The number of thiophene rings is 1. The van der Waals surface area contributed by atoms with E-state index in [1.165, 1.54) is 12.1 Å². The minimum Gasteiger partial charge on any atom is -0.457 e. The third-order valence-electron chi connectivity index (χ3n) is 4.77. The van der Waals surface area contributed by atoms with Crippen molar-refractivity contribution in [3.8, 4) is 0 Å². The van der Waals surface area contributed by atoms with Crippen LogP contribution in [0.5, 0.6) is 0 Å². The summed E-state index contributed by atoms with van der Waals surface area (Å²) in [5.41, 5.74) is 1.83. The second-order valence-corrected chi connectivity index (χ2v) is 7.91. The van der Waals surface area contributed by atoms with Crippen LogP contribution >= 0.6 is 11.3 Å². The normalized spacial score (nSPS) is 10.9. The highest BCUT2D eigenvalue weighted by molar-refractivity contribution is 7.20. The van der Waals surface area contributed by atoms with Gasteiger partial charge in [-0.2, -0.15) is 0 Å². The number of esters is 1. The van der Waals surface area contributed by atoms with Crippen molar-refractivity contribution >= 4 is 33.2 Å². The number of fused-ring (bicyclic) bond motifs is 1. The Morgan fingerprint density at radius 2 is 1.84 bits per heavy atom. The Bertz CT molecular complexity index is 1330. The Kier molecular flexibility index (Phi) is 5.59. The number of non-ortho nitro benzene ring substituents is 1. The van der Waals surface area contributed by atoms with Gasteiger partial charge in [-0.25, -0.2) is 9.78 Å². The lowest BCUT2D eigenvalue weighted by molar-refractivity contribution is -0.384. The van der Waals surface area contributed by atoms with Crippen molar-refractivity contribution in [3.05, 3.63) is 102 Å². The SMILES string of the molecule is Cc1c(C(=O)OCc2ccccc2)sc2nc(Cc3ccc([N+](=O)[O-])cc3)[nH]c(=O)c12. The van der Waals surface area contributed by atoms with E-state index in [1.807, 2.05) is 30.3 Å². The summed E-state index contributed by atoms with van der Waals surface area (Å²) in [5.74, 6) is -0.0857. The quantitative estimate of drug-likeness (QED) is 0.276. The molecular formula is C22H17N3O5S. The number of hydrogen-bond donors (Lipinski definition) is 1. The van der Waals surface area contributed by atoms with E-state index < -0.39 is 10.9 Å². The Hall–Kier alpha value is -3.85. The molecule has 4 aromatic rings. The fourth-order valence-corrected chi connectivity index (χ4v) is 4.28. The van der Waals surface area contributed by atoms with E-state index in [0.29, 0.717) is 32.9 Å². The number of hydrogen-bond acceptors (Lipinski definition) is 7. The van der Waals surface area contributed by atoms with Gasteiger partial charge in [-0.1, -0.05) is 42.5 Å². The van der Waals surface area contributed by atoms with E-state index in [1.54, 1.807) is 19.1 Å². The molecule has 0 amide bonds. The predicted molar refractivity (Wildman–Crippen MR) is 116 cm³/mol. The number of benzene rings is 2. The summed E-state index contributed by atoms with van der Waals surface area (Å²) in [4.78, 5) is 43.6. The molecule has 0 atom stereocenters. The molecule has 0 saturated carbocycles. The van der Waals surface area contributed by atoms with Crippen molar-refractivity contribution in [2.45, 2.75) is 20.0 Å². The third-order valence-corrected chi connectivity index (χ3v) is 5.93. The summed E-state index contributed by atoms with van der Waals surface area (Å²) >= 11 is 1.12. The van der Waals surface area contributed by atoms with E-state index in [4.69, 9.17) is 4.74 Å². The summed E-state index contributed by atoms with van der Waals surface area (Å²) < 4.78 is 5.40. The number of aryl methyl sites for hydroxylation is 1. The van der Waals surface area contributed by atoms with Crippen LogP contribution in [0.25, 0.3) is 10.2 Å². The van der Waals surface area contributed by atoms with Crippen LogP contribution in [-0.2, 0) is 17.8 Å². The van der Waals surface area contributed by atoms with Gasteiger partial charge >= 0.3 is 5.97 Å². The molecule has 0 aliphatic carbocycles. The summed E-state index contributed by atoms with van der Waals surface area (Å²) in [5, 5.41) is 11.2. The van der Waals surface area contributed by atoms with Crippen LogP contribution in [-0.4, -0.2) is 20.9 Å². The fourth-order valence-electron chi connectivity index (χ4n) is 3.18. The van der Waals surface area contributed by atoms with Crippen LogP contribution in [0.15, 0.2) is 59.4 Å². The molecule has 8 nitrogen and oxygen atoms in total. The van der Waals surface area contributed by atoms with Crippen LogP contribution in [0, 0.1) is 17.0 Å². The zero-order valence-electron chi connectivity index (χ0n) is 16.5. The lowest BCUT2D eigenvalue weighted by atomic mass is 10.1. The molecule has 0 saturated heterocycles. The molecule has 0 unspecified atom stereocenters. The Morgan fingerprint density at radius 1 is 1.13 bits per heavy atom. The molecule has 2 aromatic carbocycles. The second-order valence-electron chi connectivity index (χ2n) is 6.91. The van der Waals surface area contributed by atoms with Crippen LogP contribution in [0.2, 0.25) is 0 Å². The summed E-state index contributed by atoms with van der Waals surface area (Å²) in [6.07, 6.45) is 0.300. The monoisotopic (exact) mass is 435 g/mol. The van der Waals surface area contributed by atoms with Crippen LogP contribution in [0.1, 0.15) is 32.2 Å². The van der Waals surface area contributed by atoms with Crippen LogP contribution < -0.4 is 5.56 Å². The summed E-state index contributed by atoms with van der Waals surface area (Å²) in [7, 11) is 0. The average molecular weight is 435 g/mol. The largest absolute Gasteiger partial charge is 0.457 e. The Balaban J connectivity index is 1.58. The van der Waals surface area contributed by atoms with Crippen molar-refractivity contribution in [1.29, 1.82) is 0 Å². The van der Waals surface area contributed by atoms with Gasteiger partial charge in [0.2, 0.25) is 0 Å². The molecule has 0 spiro atoms. The number of rotatable bonds is 6. The van der Waals surface area contributed by atoms with Crippen LogP contribution in [0.3, 0.4) is 0 Å². The topological polar surface area (TPSA) is 115 Å². The van der Waals surface area contributed by atoms with Crippen molar-refractivity contribution < 1.29 is 14.5 Å². The first-order valence-electron chi connectivity index (χ1n) is 9.39. The number of nitro benzene ring substituents is 1. The first-order valence-corrected chi connectivity index (χ1v) is 10.2. The van der Waals surface area contributed by atoms with E-state index >= 15 is 0 Å². The van der Waals surface area contributed by atoms with E-state index in [0.717, 1.165) is 22.5 Å². The number of nitro groups is 1. The minimum atomic E-state index is -0.499. The van der Waals surface area contributed by atoms with E-state index in [-0.39, 0.29) is 17.9 Å². The highest BCUT2D eigenvalue weighted by atomic mass is 32.1. The Labute approximate surface area is 180 Å². The van der Waals surface area contributed by atoms with E-state index in [9.17, 15) is 19.7 Å². The molecule has 4 rings (SSSR count). The maximum atomic E-state index is 12.6. The number of nitrogens with zero attached hydrogens (tertiary/aromatic N) is 2. The predicted octanol–water partition coefficient (Wildman–Crippen LogP) is 4.15. The molecule has 2 heterocycles. The number of nitrogens with one attached hydrogen (secondary N) is 1. The highest BCUT2D eigenvalue weighted by Crippen LogP contribution is 2.28. The van der Waals surface area contributed by atoms with Gasteiger partial charge in [0.05, 0.1) is 10.3 Å². The molecule has 2 aromatic heterocycles. The molecule has 31 heavy (non-hydrogen) atoms.